The van der Waals surface area contributed by atoms with Gasteiger partial charge < -0.3 is 20.1 Å². The van der Waals surface area contributed by atoms with Gasteiger partial charge in [0.25, 0.3) is 5.91 Å². The van der Waals surface area contributed by atoms with Gasteiger partial charge in [-0.3, -0.25) is 9.59 Å². The number of aryl methyl sites for hydroxylation is 2. The van der Waals surface area contributed by atoms with Crippen molar-refractivity contribution in [2.24, 2.45) is 0 Å². The van der Waals surface area contributed by atoms with E-state index in [2.05, 4.69) is 5.32 Å². The number of benzene rings is 1. The number of aromatic nitrogens is 1. The zero-order chi connectivity index (χ0) is 17.1. The fraction of sp³-hybridized carbons (Fsp3) is 0.312. The standard InChI is InChI=1S/C16H18N2O5/c1-3-18-12-7-5-4-6-10(12)9(2)14(18)15(21)17-11(16(22)23)8-13(19)20/h4-7,11H,3,8H2,1-2H3,(H,17,21)(H,19,20)(H,22,23). The van der Waals surface area contributed by atoms with E-state index in [1.807, 2.05) is 31.2 Å². The summed E-state index contributed by atoms with van der Waals surface area (Å²) in [7, 11) is 0. The van der Waals surface area contributed by atoms with Crippen LogP contribution in [0.25, 0.3) is 10.9 Å². The van der Waals surface area contributed by atoms with Gasteiger partial charge in [0.15, 0.2) is 0 Å². The normalized spacial score (nSPS) is 12.1. The first-order chi connectivity index (χ1) is 10.9. The van der Waals surface area contributed by atoms with Gasteiger partial charge in [0, 0.05) is 17.4 Å². The molecule has 3 N–H and O–H groups in total. The van der Waals surface area contributed by atoms with Crippen molar-refractivity contribution in [2.75, 3.05) is 0 Å². The van der Waals surface area contributed by atoms with E-state index in [1.165, 1.54) is 0 Å². The SMILES string of the molecule is CCn1c(C(=O)NC(CC(=O)O)C(=O)O)c(C)c2ccccc21. The summed E-state index contributed by atoms with van der Waals surface area (Å²) in [6.07, 6.45) is -0.674. The van der Waals surface area contributed by atoms with Crippen molar-refractivity contribution < 1.29 is 24.6 Å². The second-order valence-electron chi connectivity index (χ2n) is 5.20. The zero-order valence-electron chi connectivity index (χ0n) is 12.9. The average Bonchev–Trinajstić information content (AvgIpc) is 2.79. The molecule has 0 aliphatic carbocycles. The van der Waals surface area contributed by atoms with Crippen molar-refractivity contribution >= 4 is 28.7 Å². The molecule has 0 fully saturated rings. The van der Waals surface area contributed by atoms with Crippen LogP contribution in [0.3, 0.4) is 0 Å². The number of carboxylic acids is 2. The maximum Gasteiger partial charge on any atom is 0.326 e. The number of aliphatic carboxylic acids is 2. The summed E-state index contributed by atoms with van der Waals surface area (Å²) >= 11 is 0. The lowest BCUT2D eigenvalue weighted by atomic mass is 10.1. The maximum atomic E-state index is 12.5. The molecule has 1 heterocycles. The van der Waals surface area contributed by atoms with E-state index < -0.39 is 30.3 Å². The molecule has 0 bridgehead atoms. The topological polar surface area (TPSA) is 109 Å². The van der Waals surface area contributed by atoms with Gasteiger partial charge in [-0.25, -0.2) is 4.79 Å². The van der Waals surface area contributed by atoms with Gasteiger partial charge in [0.2, 0.25) is 0 Å². The highest BCUT2D eigenvalue weighted by atomic mass is 16.4. The van der Waals surface area contributed by atoms with Gasteiger partial charge in [0.1, 0.15) is 11.7 Å². The summed E-state index contributed by atoms with van der Waals surface area (Å²) in [5, 5.41) is 21.0. The number of nitrogens with one attached hydrogen (secondary N) is 1. The summed E-state index contributed by atoms with van der Waals surface area (Å²) in [5.41, 5.74) is 1.97. The highest BCUT2D eigenvalue weighted by Crippen LogP contribution is 2.25. The lowest BCUT2D eigenvalue weighted by Gasteiger charge is -2.14. The third kappa shape index (κ3) is 3.18. The third-order valence-electron chi connectivity index (χ3n) is 3.74. The number of hydrogen-bond donors (Lipinski definition) is 3. The van der Waals surface area contributed by atoms with Crippen molar-refractivity contribution in [1.29, 1.82) is 0 Å². The first-order valence-electron chi connectivity index (χ1n) is 7.20. The molecule has 0 aliphatic heterocycles. The molecule has 1 aromatic carbocycles. The predicted octanol–water partition coefficient (Wildman–Crippen LogP) is 1.63. The van der Waals surface area contributed by atoms with Crippen molar-refractivity contribution in [3.8, 4) is 0 Å². The number of fused-ring (bicyclic) bond motifs is 1. The molecular formula is C16H18N2O5. The largest absolute Gasteiger partial charge is 0.481 e. The third-order valence-corrected chi connectivity index (χ3v) is 3.74. The first kappa shape index (κ1) is 16.5. The number of amides is 1. The Balaban J connectivity index is 2.43. The summed E-state index contributed by atoms with van der Waals surface area (Å²) in [4.78, 5) is 34.4. The van der Waals surface area contributed by atoms with Crippen LogP contribution in [0.4, 0.5) is 0 Å². The van der Waals surface area contributed by atoms with E-state index >= 15 is 0 Å². The highest BCUT2D eigenvalue weighted by molar-refractivity contribution is 6.03. The Bertz CT molecular complexity index is 778. The van der Waals surface area contributed by atoms with Crippen LogP contribution >= 0.6 is 0 Å². The molecule has 7 nitrogen and oxygen atoms in total. The van der Waals surface area contributed by atoms with Gasteiger partial charge in [-0.15, -0.1) is 0 Å². The molecule has 1 aromatic heterocycles. The summed E-state index contributed by atoms with van der Waals surface area (Å²) in [6.45, 7) is 4.21. The number of hydrogen-bond acceptors (Lipinski definition) is 3. The van der Waals surface area contributed by atoms with Crippen LogP contribution in [0, 0.1) is 6.92 Å². The highest BCUT2D eigenvalue weighted by Gasteiger charge is 2.26. The second kappa shape index (κ2) is 6.51. The van der Waals surface area contributed by atoms with E-state index in [0.717, 1.165) is 16.5 Å². The van der Waals surface area contributed by atoms with Crippen LogP contribution in [-0.4, -0.2) is 38.7 Å². The monoisotopic (exact) mass is 318 g/mol. The van der Waals surface area contributed by atoms with Crippen molar-refractivity contribution in [1.82, 2.24) is 9.88 Å². The average molecular weight is 318 g/mol. The Kier molecular flexibility index (Phi) is 4.68. The molecule has 2 rings (SSSR count). The number of para-hydroxylation sites is 1. The Morgan fingerprint density at radius 1 is 1.22 bits per heavy atom. The second-order valence-corrected chi connectivity index (χ2v) is 5.20. The van der Waals surface area contributed by atoms with Gasteiger partial charge >= 0.3 is 11.9 Å². The fourth-order valence-electron chi connectivity index (χ4n) is 2.70. The quantitative estimate of drug-likeness (QED) is 0.750. The molecule has 0 radical (unpaired) electrons. The molecule has 0 saturated heterocycles. The van der Waals surface area contributed by atoms with Crippen molar-refractivity contribution in [3.05, 3.63) is 35.5 Å². The van der Waals surface area contributed by atoms with E-state index in [4.69, 9.17) is 10.2 Å². The van der Waals surface area contributed by atoms with Gasteiger partial charge in [-0.1, -0.05) is 18.2 Å². The molecule has 7 heteroatoms. The Morgan fingerprint density at radius 3 is 2.43 bits per heavy atom. The van der Waals surface area contributed by atoms with Crippen LogP contribution in [0.5, 0.6) is 0 Å². The lowest BCUT2D eigenvalue weighted by molar-refractivity contribution is -0.145. The minimum atomic E-state index is -1.47. The molecule has 0 spiro atoms. The minimum Gasteiger partial charge on any atom is -0.481 e. The zero-order valence-corrected chi connectivity index (χ0v) is 12.9. The van der Waals surface area contributed by atoms with Crippen LogP contribution in [0.2, 0.25) is 0 Å². The van der Waals surface area contributed by atoms with E-state index in [0.29, 0.717) is 12.2 Å². The number of carboxylic acid groups (broad SMARTS) is 2. The van der Waals surface area contributed by atoms with Crippen molar-refractivity contribution in [2.45, 2.75) is 32.9 Å². The number of carbonyl (C=O) groups excluding carboxylic acids is 1. The van der Waals surface area contributed by atoms with Crippen LogP contribution in [-0.2, 0) is 16.1 Å². The number of rotatable bonds is 6. The van der Waals surface area contributed by atoms with Crippen LogP contribution in [0.1, 0.15) is 29.4 Å². The summed E-state index contributed by atoms with van der Waals surface area (Å²) < 4.78 is 1.79. The van der Waals surface area contributed by atoms with Gasteiger partial charge in [-0.05, 0) is 25.5 Å². The lowest BCUT2D eigenvalue weighted by Crippen LogP contribution is -2.43. The minimum absolute atomic E-state index is 0.352. The van der Waals surface area contributed by atoms with Crippen molar-refractivity contribution in [3.63, 3.8) is 0 Å². The maximum absolute atomic E-state index is 12.5. The molecular weight excluding hydrogens is 300 g/mol. The molecule has 1 atom stereocenters. The Labute approximate surface area is 132 Å². The molecule has 2 aromatic rings. The smallest absolute Gasteiger partial charge is 0.326 e. The first-order valence-corrected chi connectivity index (χ1v) is 7.20. The molecule has 1 unspecified atom stereocenters. The van der Waals surface area contributed by atoms with Crippen LogP contribution < -0.4 is 5.32 Å². The van der Waals surface area contributed by atoms with E-state index in [9.17, 15) is 14.4 Å². The molecule has 0 aliphatic rings. The number of carbonyl (C=O) groups is 3. The summed E-state index contributed by atoms with van der Waals surface area (Å²) in [6, 6.07) is 6.03. The molecule has 122 valence electrons. The Morgan fingerprint density at radius 2 is 1.87 bits per heavy atom. The molecule has 23 heavy (non-hydrogen) atoms. The fourth-order valence-corrected chi connectivity index (χ4v) is 2.70. The summed E-state index contributed by atoms with van der Waals surface area (Å²) in [5.74, 6) is -3.25. The van der Waals surface area contributed by atoms with Gasteiger partial charge in [0.05, 0.1) is 6.42 Å². The molecule has 0 saturated carbocycles. The van der Waals surface area contributed by atoms with E-state index in [1.54, 1.807) is 11.5 Å². The molecule has 1 amide bonds. The Hall–Kier alpha value is -2.83. The van der Waals surface area contributed by atoms with E-state index in [-0.39, 0.29) is 0 Å². The predicted molar refractivity (Wildman–Crippen MR) is 83.5 cm³/mol. The van der Waals surface area contributed by atoms with Gasteiger partial charge in [-0.2, -0.15) is 0 Å². The van der Waals surface area contributed by atoms with Crippen LogP contribution in [0.15, 0.2) is 24.3 Å². The number of nitrogens with zero attached hydrogens (tertiary/aromatic N) is 1.